The third-order valence-corrected chi connectivity index (χ3v) is 5.15. The van der Waals surface area contributed by atoms with Crippen LogP contribution in [0.5, 0.6) is 5.75 Å². The number of hydrogen-bond acceptors (Lipinski definition) is 6. The Kier molecular flexibility index (Phi) is 7.94. The van der Waals surface area contributed by atoms with E-state index < -0.39 is 18.2 Å². The second-order valence-corrected chi connectivity index (χ2v) is 8.81. The maximum atomic E-state index is 13.3. The molecule has 33 heavy (non-hydrogen) atoms. The van der Waals surface area contributed by atoms with Crippen molar-refractivity contribution in [1.82, 2.24) is 10.2 Å². The van der Waals surface area contributed by atoms with Crippen LogP contribution in [0, 0.1) is 5.92 Å². The number of benzene rings is 2. The number of ether oxygens (including phenoxy) is 1. The van der Waals surface area contributed by atoms with Crippen LogP contribution in [0.25, 0.3) is 0 Å². The molecule has 1 aliphatic heterocycles. The first kappa shape index (κ1) is 24.5. The van der Waals surface area contributed by atoms with E-state index in [1.54, 1.807) is 62.4 Å². The van der Waals surface area contributed by atoms with Crippen molar-refractivity contribution in [3.63, 3.8) is 0 Å². The minimum absolute atomic E-state index is 0.0483. The average Bonchev–Trinajstić information content (AvgIpc) is 2.76. The third-order valence-electron chi connectivity index (χ3n) is 4.90. The molecule has 0 saturated heterocycles. The monoisotopic (exact) mass is 472 g/mol. The van der Waals surface area contributed by atoms with Gasteiger partial charge >= 0.3 is 0 Å². The molecule has 9 heteroatoms. The van der Waals surface area contributed by atoms with E-state index in [4.69, 9.17) is 16.3 Å². The predicted molar refractivity (Wildman–Crippen MR) is 128 cm³/mol. The second kappa shape index (κ2) is 10.7. The number of carbonyl (C=O) groups excluding carboxylic acids is 2. The molecule has 0 bridgehead atoms. The van der Waals surface area contributed by atoms with Crippen molar-refractivity contribution < 1.29 is 19.4 Å². The molecule has 2 unspecified atom stereocenters. The molecular formula is C24H29ClN4O4. The number of aliphatic hydroxyl groups is 1. The quantitative estimate of drug-likeness (QED) is 0.573. The second-order valence-electron chi connectivity index (χ2n) is 8.37. The van der Waals surface area contributed by atoms with Crippen LogP contribution < -0.4 is 15.4 Å². The Bertz CT molecular complexity index is 1010. The summed E-state index contributed by atoms with van der Waals surface area (Å²) >= 11 is 5.99. The van der Waals surface area contributed by atoms with Crippen LogP contribution in [-0.2, 0) is 16.1 Å². The fraction of sp³-hybridized carbons (Fsp3) is 0.375. The summed E-state index contributed by atoms with van der Waals surface area (Å²) in [6.45, 7) is 7.49. The first-order valence-corrected chi connectivity index (χ1v) is 11.2. The molecule has 2 aromatic rings. The van der Waals surface area contributed by atoms with Gasteiger partial charge in [-0.1, -0.05) is 37.6 Å². The van der Waals surface area contributed by atoms with Crippen molar-refractivity contribution in [2.75, 3.05) is 5.32 Å². The van der Waals surface area contributed by atoms with Gasteiger partial charge in [-0.15, -0.1) is 0 Å². The normalized spacial score (nSPS) is 18.4. The maximum absolute atomic E-state index is 13.3. The number of hydrogen-bond donors (Lipinski definition) is 3. The highest BCUT2D eigenvalue weighted by molar-refractivity contribution is 6.30. The molecule has 2 aromatic carbocycles. The molecule has 0 radical (unpaired) electrons. The molecule has 0 saturated carbocycles. The number of amides is 2. The highest BCUT2D eigenvalue weighted by Crippen LogP contribution is 2.21. The number of carbonyl (C=O) groups is 2. The maximum Gasteiger partial charge on any atom is 0.256 e. The SMILES string of the molecule is CC(C)Oc1ccc(NC2=NC(O)C(NC(=O)C(C)C)C(=O)N2Cc2ccc(Cl)cc2)cc1. The molecule has 0 spiro atoms. The van der Waals surface area contributed by atoms with Crippen molar-refractivity contribution >= 4 is 35.1 Å². The van der Waals surface area contributed by atoms with Crippen molar-refractivity contribution in [3.05, 3.63) is 59.1 Å². The van der Waals surface area contributed by atoms with Gasteiger partial charge in [-0.05, 0) is 55.8 Å². The number of aliphatic hydroxyl groups excluding tert-OH is 1. The Morgan fingerprint density at radius 2 is 1.76 bits per heavy atom. The van der Waals surface area contributed by atoms with E-state index >= 15 is 0 Å². The summed E-state index contributed by atoms with van der Waals surface area (Å²) in [7, 11) is 0. The summed E-state index contributed by atoms with van der Waals surface area (Å²) in [5.41, 5.74) is 1.48. The van der Waals surface area contributed by atoms with Gasteiger partial charge in [0.25, 0.3) is 5.91 Å². The van der Waals surface area contributed by atoms with Gasteiger partial charge in [0.1, 0.15) is 5.75 Å². The van der Waals surface area contributed by atoms with Crippen LogP contribution >= 0.6 is 11.6 Å². The lowest BCUT2D eigenvalue weighted by Gasteiger charge is -2.35. The van der Waals surface area contributed by atoms with Crippen LogP contribution in [0.1, 0.15) is 33.3 Å². The Balaban J connectivity index is 1.87. The molecule has 3 rings (SSSR count). The molecule has 2 atom stereocenters. The smallest absolute Gasteiger partial charge is 0.256 e. The van der Waals surface area contributed by atoms with Gasteiger partial charge in [0, 0.05) is 16.6 Å². The van der Waals surface area contributed by atoms with Crippen molar-refractivity contribution in [1.29, 1.82) is 0 Å². The van der Waals surface area contributed by atoms with Gasteiger partial charge in [0.15, 0.2) is 12.3 Å². The summed E-state index contributed by atoms with van der Waals surface area (Å²) in [5, 5.41) is 16.8. The van der Waals surface area contributed by atoms with Crippen molar-refractivity contribution in [3.8, 4) is 5.75 Å². The summed E-state index contributed by atoms with van der Waals surface area (Å²) in [6.07, 6.45) is -1.38. The zero-order chi connectivity index (χ0) is 24.1. The fourth-order valence-electron chi connectivity index (χ4n) is 3.17. The number of anilines is 1. The lowest BCUT2D eigenvalue weighted by molar-refractivity contribution is -0.138. The standard InChI is InChI=1S/C24H29ClN4O4/c1-14(2)21(30)27-20-22(31)28-24(26-18-9-11-19(12-10-18)33-15(3)4)29(23(20)32)13-16-5-7-17(25)8-6-16/h5-12,14-15,20,22,31H,13H2,1-4H3,(H,26,28)(H,27,30). The van der Waals surface area contributed by atoms with Gasteiger partial charge in [-0.2, -0.15) is 0 Å². The number of guanidine groups is 1. The van der Waals surface area contributed by atoms with Crippen molar-refractivity contribution in [2.24, 2.45) is 10.9 Å². The highest BCUT2D eigenvalue weighted by Gasteiger charge is 2.39. The summed E-state index contributed by atoms with van der Waals surface area (Å²) in [4.78, 5) is 31.2. The van der Waals surface area contributed by atoms with Gasteiger partial charge in [-0.25, -0.2) is 4.99 Å². The van der Waals surface area contributed by atoms with E-state index in [-0.39, 0.29) is 30.4 Å². The Morgan fingerprint density at radius 3 is 2.33 bits per heavy atom. The zero-order valence-corrected chi connectivity index (χ0v) is 19.8. The van der Waals surface area contributed by atoms with Crippen LogP contribution in [0.15, 0.2) is 53.5 Å². The van der Waals surface area contributed by atoms with Gasteiger partial charge in [-0.3, -0.25) is 14.5 Å². The van der Waals surface area contributed by atoms with E-state index in [2.05, 4.69) is 15.6 Å². The van der Waals surface area contributed by atoms with E-state index in [0.717, 1.165) is 5.56 Å². The number of halogens is 1. The number of aliphatic imine (C=N–C) groups is 1. The molecule has 176 valence electrons. The molecule has 1 heterocycles. The molecule has 0 fully saturated rings. The Hall–Kier alpha value is -3.10. The van der Waals surface area contributed by atoms with E-state index in [1.807, 2.05) is 13.8 Å². The molecule has 1 aliphatic rings. The summed E-state index contributed by atoms with van der Waals surface area (Å²) in [5.74, 6) is -0.263. The fourth-order valence-corrected chi connectivity index (χ4v) is 3.29. The number of nitrogens with one attached hydrogen (secondary N) is 2. The van der Waals surface area contributed by atoms with Crippen LogP contribution in [0.3, 0.4) is 0 Å². The van der Waals surface area contributed by atoms with Gasteiger partial charge in [0.2, 0.25) is 11.9 Å². The molecule has 8 nitrogen and oxygen atoms in total. The minimum atomic E-state index is -1.42. The summed E-state index contributed by atoms with van der Waals surface area (Å²) < 4.78 is 5.66. The summed E-state index contributed by atoms with van der Waals surface area (Å²) in [6, 6.07) is 13.1. The van der Waals surface area contributed by atoms with E-state index in [9.17, 15) is 14.7 Å². The lowest BCUT2D eigenvalue weighted by atomic mass is 10.1. The van der Waals surface area contributed by atoms with Crippen molar-refractivity contribution in [2.45, 2.75) is 52.6 Å². The minimum Gasteiger partial charge on any atom is -0.491 e. The lowest BCUT2D eigenvalue weighted by Crippen LogP contribution is -2.60. The van der Waals surface area contributed by atoms with Gasteiger partial charge in [0.05, 0.1) is 12.6 Å². The molecule has 3 N–H and O–H groups in total. The molecule has 0 aliphatic carbocycles. The first-order valence-electron chi connectivity index (χ1n) is 10.8. The third kappa shape index (κ3) is 6.46. The Morgan fingerprint density at radius 1 is 1.12 bits per heavy atom. The predicted octanol–water partition coefficient (Wildman–Crippen LogP) is 3.40. The zero-order valence-electron chi connectivity index (χ0n) is 19.1. The first-order chi connectivity index (χ1) is 15.6. The number of rotatable bonds is 7. The molecule has 0 aromatic heterocycles. The molecular weight excluding hydrogens is 444 g/mol. The van der Waals surface area contributed by atoms with Crippen LogP contribution in [0.4, 0.5) is 5.69 Å². The molecule has 2 amide bonds. The van der Waals surface area contributed by atoms with E-state index in [0.29, 0.717) is 16.5 Å². The van der Waals surface area contributed by atoms with Crippen LogP contribution in [-0.4, -0.2) is 46.2 Å². The largest absolute Gasteiger partial charge is 0.491 e. The average molecular weight is 473 g/mol. The topological polar surface area (TPSA) is 103 Å². The van der Waals surface area contributed by atoms with Crippen LogP contribution in [0.2, 0.25) is 5.02 Å². The highest BCUT2D eigenvalue weighted by atomic mass is 35.5. The number of nitrogens with zero attached hydrogens (tertiary/aromatic N) is 2. The Labute approximate surface area is 198 Å². The van der Waals surface area contributed by atoms with Gasteiger partial charge < -0.3 is 20.5 Å². The van der Waals surface area contributed by atoms with E-state index in [1.165, 1.54) is 4.90 Å².